The first-order chi connectivity index (χ1) is 16.0. The molecule has 10 heteroatoms. The largest absolute Gasteiger partial charge is 0.289 e. The number of fused-ring (bicyclic) bond motifs is 1. The van der Waals surface area contributed by atoms with Gasteiger partial charge in [0, 0.05) is 16.8 Å². The maximum atomic E-state index is 13.2. The van der Waals surface area contributed by atoms with Gasteiger partial charge in [-0.3, -0.25) is 10.1 Å². The number of rotatable bonds is 5. The van der Waals surface area contributed by atoms with E-state index in [1.807, 2.05) is 37.3 Å². The third-order valence-corrected chi connectivity index (χ3v) is 5.45. The van der Waals surface area contributed by atoms with Crippen LogP contribution in [0.1, 0.15) is 21.5 Å². The van der Waals surface area contributed by atoms with E-state index in [0.29, 0.717) is 16.8 Å². The third-order valence-electron chi connectivity index (χ3n) is 5.10. The van der Waals surface area contributed by atoms with Gasteiger partial charge in [-0.15, -0.1) is 5.10 Å². The number of nitrogens with one attached hydrogen (secondary N) is 1. The summed E-state index contributed by atoms with van der Waals surface area (Å²) >= 11 is 6.07. The van der Waals surface area contributed by atoms with Crippen molar-refractivity contribution in [1.82, 2.24) is 29.4 Å². The number of benzene rings is 2. The molecule has 0 atom stereocenters. The van der Waals surface area contributed by atoms with E-state index >= 15 is 0 Å². The van der Waals surface area contributed by atoms with Gasteiger partial charge in [-0.2, -0.15) is 5.10 Å². The molecule has 0 saturated heterocycles. The topological polar surface area (TPSA) is 90.0 Å². The average molecular weight is 462 g/mol. The Morgan fingerprint density at radius 3 is 2.73 bits per heavy atom. The van der Waals surface area contributed by atoms with Gasteiger partial charge in [0.05, 0.1) is 18.4 Å². The summed E-state index contributed by atoms with van der Waals surface area (Å²) in [6.07, 6.45) is 4.56. The first-order valence-electron chi connectivity index (χ1n) is 10.0. The van der Waals surface area contributed by atoms with E-state index in [1.165, 1.54) is 29.3 Å². The molecule has 0 aliphatic heterocycles. The van der Waals surface area contributed by atoms with Crippen LogP contribution in [-0.2, 0) is 6.54 Å². The number of hydrogen-bond acceptors (Lipinski definition) is 5. The molecule has 5 aromatic rings. The molecule has 0 bridgehead atoms. The predicted octanol–water partition coefficient (Wildman–Crippen LogP) is 4.39. The number of anilines is 1. The average Bonchev–Trinajstić information content (AvgIpc) is 3.43. The molecular formula is C23H17ClFN7O. The Hall–Kier alpha value is -4.11. The first-order valence-corrected chi connectivity index (χ1v) is 10.4. The molecule has 2 aromatic carbocycles. The standard InChI is InChI=1S/C23H17ClFN7O/c1-14-2-4-15(5-3-14)20-8-9-26-21-18(11-28-32(20)21)22(33)29-23-27-13-31(30-23)12-16-6-7-17(25)10-19(16)24/h2-11,13H,12H2,1H3,(H,29,30,33). The van der Waals surface area contributed by atoms with Gasteiger partial charge in [0.15, 0.2) is 5.65 Å². The fourth-order valence-corrected chi connectivity index (χ4v) is 3.64. The summed E-state index contributed by atoms with van der Waals surface area (Å²) in [5.74, 6) is -0.730. The van der Waals surface area contributed by atoms with Gasteiger partial charge in [-0.05, 0) is 30.7 Å². The molecule has 8 nitrogen and oxygen atoms in total. The van der Waals surface area contributed by atoms with Crippen molar-refractivity contribution in [3.8, 4) is 11.3 Å². The van der Waals surface area contributed by atoms with Crippen LogP contribution >= 0.6 is 11.6 Å². The lowest BCUT2D eigenvalue weighted by Crippen LogP contribution is -2.14. The van der Waals surface area contributed by atoms with Crippen molar-refractivity contribution in [2.24, 2.45) is 0 Å². The number of carbonyl (C=O) groups is 1. The molecule has 0 saturated carbocycles. The van der Waals surface area contributed by atoms with E-state index in [0.717, 1.165) is 16.8 Å². The Balaban J connectivity index is 1.37. The minimum atomic E-state index is -0.434. The van der Waals surface area contributed by atoms with Crippen molar-refractivity contribution >= 4 is 29.1 Å². The normalized spacial score (nSPS) is 11.1. The second-order valence-corrected chi connectivity index (χ2v) is 7.85. The number of hydrogen-bond donors (Lipinski definition) is 1. The van der Waals surface area contributed by atoms with Crippen LogP contribution in [0, 0.1) is 12.7 Å². The Morgan fingerprint density at radius 2 is 1.94 bits per heavy atom. The summed E-state index contributed by atoms with van der Waals surface area (Å²) in [6, 6.07) is 14.0. The maximum absolute atomic E-state index is 13.2. The van der Waals surface area contributed by atoms with Crippen molar-refractivity contribution in [2.75, 3.05) is 5.32 Å². The number of carbonyl (C=O) groups excluding carboxylic acids is 1. The van der Waals surface area contributed by atoms with Crippen LogP contribution in [-0.4, -0.2) is 35.3 Å². The van der Waals surface area contributed by atoms with Crippen LogP contribution in [0.4, 0.5) is 10.3 Å². The summed E-state index contributed by atoms with van der Waals surface area (Å²) in [6.45, 7) is 2.30. The molecule has 3 aromatic heterocycles. The molecule has 0 aliphatic rings. The van der Waals surface area contributed by atoms with Crippen LogP contribution in [0.15, 0.2) is 67.3 Å². The monoisotopic (exact) mass is 461 g/mol. The zero-order valence-corrected chi connectivity index (χ0v) is 18.2. The SMILES string of the molecule is Cc1ccc(-c2ccnc3c(C(=O)Nc4ncn(Cc5ccc(F)cc5Cl)n4)cnn23)cc1. The Kier molecular flexibility index (Phi) is 5.31. The van der Waals surface area contributed by atoms with Crippen LogP contribution in [0.25, 0.3) is 16.9 Å². The lowest BCUT2D eigenvalue weighted by Gasteiger charge is -2.05. The van der Waals surface area contributed by atoms with Gasteiger partial charge in [0.1, 0.15) is 17.7 Å². The lowest BCUT2D eigenvalue weighted by atomic mass is 10.1. The highest BCUT2D eigenvalue weighted by Gasteiger charge is 2.18. The first kappa shape index (κ1) is 20.8. The molecule has 0 fully saturated rings. The highest BCUT2D eigenvalue weighted by atomic mass is 35.5. The lowest BCUT2D eigenvalue weighted by molar-refractivity contribution is 0.102. The van der Waals surface area contributed by atoms with Gasteiger partial charge >= 0.3 is 0 Å². The van der Waals surface area contributed by atoms with E-state index in [2.05, 4.69) is 25.5 Å². The van der Waals surface area contributed by atoms with Gasteiger partial charge < -0.3 is 0 Å². The van der Waals surface area contributed by atoms with Crippen LogP contribution in [0.5, 0.6) is 0 Å². The van der Waals surface area contributed by atoms with Crippen molar-refractivity contribution in [1.29, 1.82) is 0 Å². The van der Waals surface area contributed by atoms with E-state index in [1.54, 1.807) is 16.8 Å². The summed E-state index contributed by atoms with van der Waals surface area (Å²) in [4.78, 5) is 21.3. The molecule has 33 heavy (non-hydrogen) atoms. The Bertz CT molecular complexity index is 1480. The zero-order valence-electron chi connectivity index (χ0n) is 17.4. The van der Waals surface area contributed by atoms with E-state index in [4.69, 9.17) is 11.6 Å². The van der Waals surface area contributed by atoms with E-state index in [9.17, 15) is 9.18 Å². The number of halogens is 2. The van der Waals surface area contributed by atoms with Crippen LogP contribution < -0.4 is 5.32 Å². The van der Waals surface area contributed by atoms with Crippen LogP contribution in [0.2, 0.25) is 5.02 Å². The molecule has 1 amide bonds. The fourth-order valence-electron chi connectivity index (χ4n) is 3.42. The molecule has 3 heterocycles. The number of aryl methyl sites for hydroxylation is 1. The minimum absolute atomic E-state index is 0.118. The Labute approximate surface area is 192 Å². The molecule has 164 valence electrons. The van der Waals surface area contributed by atoms with E-state index < -0.39 is 11.7 Å². The summed E-state index contributed by atoms with van der Waals surface area (Å²) in [7, 11) is 0. The molecule has 0 unspecified atom stereocenters. The predicted molar refractivity (Wildman–Crippen MR) is 122 cm³/mol. The summed E-state index contributed by atoms with van der Waals surface area (Å²) in [5.41, 5.74) is 4.32. The number of aromatic nitrogens is 6. The quantitative estimate of drug-likeness (QED) is 0.419. The van der Waals surface area contributed by atoms with Gasteiger partial charge in [0.2, 0.25) is 5.95 Å². The highest BCUT2D eigenvalue weighted by molar-refractivity contribution is 6.31. The molecule has 0 spiro atoms. The smallest absolute Gasteiger partial charge is 0.263 e. The van der Waals surface area contributed by atoms with Gasteiger partial charge in [0.25, 0.3) is 5.91 Å². The second kappa shape index (κ2) is 8.44. The fraction of sp³-hybridized carbons (Fsp3) is 0.0870. The molecular weight excluding hydrogens is 445 g/mol. The molecule has 1 N–H and O–H groups in total. The highest BCUT2D eigenvalue weighted by Crippen LogP contribution is 2.22. The molecule has 0 radical (unpaired) electrons. The summed E-state index contributed by atoms with van der Waals surface area (Å²) in [5, 5.41) is 11.6. The van der Waals surface area contributed by atoms with Crippen molar-refractivity contribution < 1.29 is 9.18 Å². The number of nitrogens with zero attached hydrogens (tertiary/aromatic N) is 6. The summed E-state index contributed by atoms with van der Waals surface area (Å²) < 4.78 is 16.4. The molecule has 0 aliphatic carbocycles. The van der Waals surface area contributed by atoms with E-state index in [-0.39, 0.29) is 17.5 Å². The minimum Gasteiger partial charge on any atom is -0.289 e. The van der Waals surface area contributed by atoms with Crippen LogP contribution in [0.3, 0.4) is 0 Å². The van der Waals surface area contributed by atoms with Crippen molar-refractivity contribution in [3.05, 3.63) is 94.8 Å². The maximum Gasteiger partial charge on any atom is 0.263 e. The molecule has 5 rings (SSSR count). The second-order valence-electron chi connectivity index (χ2n) is 7.45. The zero-order chi connectivity index (χ0) is 22.9. The van der Waals surface area contributed by atoms with Crippen molar-refractivity contribution in [2.45, 2.75) is 13.5 Å². The third kappa shape index (κ3) is 4.18. The van der Waals surface area contributed by atoms with Gasteiger partial charge in [-0.1, -0.05) is 47.5 Å². The Morgan fingerprint density at radius 1 is 1.12 bits per heavy atom. The number of amides is 1. The van der Waals surface area contributed by atoms with Crippen molar-refractivity contribution in [3.63, 3.8) is 0 Å². The van der Waals surface area contributed by atoms with Gasteiger partial charge in [-0.25, -0.2) is 23.6 Å².